The third-order valence-corrected chi connectivity index (χ3v) is 14.4. The summed E-state index contributed by atoms with van der Waals surface area (Å²) in [6.45, 7) is 14.3. The maximum absolute atomic E-state index is 13.5. The van der Waals surface area contributed by atoms with E-state index in [4.69, 9.17) is 16.3 Å². The van der Waals surface area contributed by atoms with Crippen LogP contribution in [0.2, 0.25) is 5.02 Å². The van der Waals surface area contributed by atoms with E-state index in [-0.39, 0.29) is 59.5 Å². The largest absolute Gasteiger partial charge is 0.489 e. The first-order chi connectivity index (χ1) is 31.1. The predicted octanol–water partition coefficient (Wildman–Crippen LogP) is 4.67. The Morgan fingerprint density at radius 3 is 2.23 bits per heavy atom. The van der Waals surface area contributed by atoms with Crippen molar-refractivity contribution in [3.8, 4) is 11.8 Å². The maximum Gasteiger partial charge on any atom is 0.278 e. The van der Waals surface area contributed by atoms with Crippen molar-refractivity contribution < 1.29 is 23.9 Å². The number of fused-ring (bicyclic) bond motifs is 1. The molecule has 4 saturated heterocycles. The summed E-state index contributed by atoms with van der Waals surface area (Å²) in [5.74, 6) is -0.424. The fourth-order valence-corrected chi connectivity index (χ4v) is 10.8. The van der Waals surface area contributed by atoms with Gasteiger partial charge in [0.15, 0.2) is 0 Å². The Balaban J connectivity index is 0.718. The fourth-order valence-electron chi connectivity index (χ4n) is 10.6. The van der Waals surface area contributed by atoms with Crippen LogP contribution < -0.4 is 30.7 Å². The van der Waals surface area contributed by atoms with Gasteiger partial charge in [0.1, 0.15) is 29.5 Å². The van der Waals surface area contributed by atoms with Gasteiger partial charge in [0.05, 0.1) is 21.9 Å². The minimum atomic E-state index is -0.891. The number of benzene rings is 3. The standard InChI is InChI=1S/C48H53ClN10O6/c1-47(2)45(48(3,4)46(47)65-35-11-7-31(25-50)37(49)24-35)52-41(61)30-5-8-33(9-6-30)56-21-19-55(20-22-56)26-29-15-17-57(18-16-29)43(63)32-27-58(28-32)34-10-12-38-36(23-34)44(64)59(54-53-38)39-13-14-40(60)51-42(39)62/h5-12,23-24,26,32,39,45-46H,13-22,27-28H2,1-4H3,(H,52,61)(H,51,60,62). The van der Waals surface area contributed by atoms with Crippen molar-refractivity contribution >= 4 is 57.5 Å². The van der Waals surface area contributed by atoms with Gasteiger partial charge in [-0.05, 0) is 80.1 Å². The molecule has 0 bridgehead atoms. The third-order valence-electron chi connectivity index (χ3n) is 14.1. The summed E-state index contributed by atoms with van der Waals surface area (Å²) >= 11 is 6.26. The molecule has 4 aliphatic heterocycles. The Labute approximate surface area is 382 Å². The van der Waals surface area contributed by atoms with Gasteiger partial charge in [-0.2, -0.15) is 9.94 Å². The molecule has 17 heteroatoms. The van der Waals surface area contributed by atoms with Crippen LogP contribution >= 0.6 is 11.6 Å². The molecule has 16 nitrogen and oxygen atoms in total. The Bertz CT molecular complexity index is 2670. The lowest BCUT2D eigenvalue weighted by atomic mass is 9.49. The SMILES string of the molecule is CC1(C)C(NC(=O)c2ccc(N3CCN(C=C4CCN(C(=O)C5CN(c6ccc7nnn(C8CCC(=O)NC8=O)c(=O)c7c6)C5)CC4)CC3)cc2)C(C)(C)C1Oc1ccc(C#N)c(Cl)c1. The highest BCUT2D eigenvalue weighted by molar-refractivity contribution is 6.31. The van der Waals surface area contributed by atoms with E-state index in [1.54, 1.807) is 30.3 Å². The number of anilines is 2. The molecule has 1 atom stereocenters. The molecule has 9 rings (SSSR count). The lowest BCUT2D eigenvalue weighted by molar-refractivity contribution is -0.164. The highest BCUT2D eigenvalue weighted by Crippen LogP contribution is 2.55. The Hall–Kier alpha value is -6.47. The number of piperazine rings is 1. The molecule has 4 aromatic rings. The van der Waals surface area contributed by atoms with E-state index in [9.17, 15) is 29.2 Å². The molecule has 1 aliphatic carbocycles. The van der Waals surface area contributed by atoms with Gasteiger partial charge in [0, 0.05) is 98.7 Å². The van der Waals surface area contributed by atoms with Crippen molar-refractivity contribution in [3.63, 3.8) is 0 Å². The average molecular weight is 901 g/mol. The summed E-state index contributed by atoms with van der Waals surface area (Å²) in [5, 5.41) is 23.6. The number of carbonyl (C=O) groups is 4. The summed E-state index contributed by atoms with van der Waals surface area (Å²) in [6, 6.07) is 19.3. The number of rotatable bonds is 9. The zero-order chi connectivity index (χ0) is 45.8. The second-order valence-electron chi connectivity index (χ2n) is 19.1. The van der Waals surface area contributed by atoms with Crippen LogP contribution in [0.3, 0.4) is 0 Å². The van der Waals surface area contributed by atoms with E-state index in [1.165, 1.54) is 5.57 Å². The van der Waals surface area contributed by atoms with Crippen molar-refractivity contribution in [1.29, 1.82) is 5.26 Å². The molecule has 5 heterocycles. The molecule has 1 aromatic heterocycles. The van der Waals surface area contributed by atoms with Gasteiger partial charge in [0.25, 0.3) is 17.4 Å². The molecule has 2 N–H and O–H groups in total. The number of nitrogens with one attached hydrogen (secondary N) is 2. The van der Waals surface area contributed by atoms with Gasteiger partial charge in [-0.3, -0.25) is 29.3 Å². The first-order valence-electron chi connectivity index (χ1n) is 22.3. The molecule has 0 spiro atoms. The molecule has 4 amide bonds. The third kappa shape index (κ3) is 8.38. The maximum atomic E-state index is 13.5. The van der Waals surface area contributed by atoms with Crippen LogP contribution in [-0.4, -0.2) is 113 Å². The van der Waals surface area contributed by atoms with Gasteiger partial charge >= 0.3 is 0 Å². The summed E-state index contributed by atoms with van der Waals surface area (Å²) < 4.78 is 7.45. The summed E-state index contributed by atoms with van der Waals surface area (Å²) in [6.07, 6.45) is 4.09. The number of carbonyl (C=O) groups excluding carboxylic acids is 4. The second kappa shape index (κ2) is 17.2. The van der Waals surface area contributed by atoms with Gasteiger partial charge in [-0.1, -0.05) is 50.1 Å². The quantitative estimate of drug-likeness (QED) is 0.222. The van der Waals surface area contributed by atoms with Gasteiger partial charge < -0.3 is 29.7 Å². The van der Waals surface area contributed by atoms with Crippen molar-refractivity contribution in [3.05, 3.63) is 98.9 Å². The Morgan fingerprint density at radius 2 is 1.57 bits per heavy atom. The van der Waals surface area contributed by atoms with Crippen LogP contribution in [0.15, 0.2) is 77.2 Å². The van der Waals surface area contributed by atoms with E-state index in [0.717, 1.165) is 55.1 Å². The van der Waals surface area contributed by atoms with E-state index in [0.29, 0.717) is 59.0 Å². The monoisotopic (exact) mass is 900 g/mol. The van der Waals surface area contributed by atoms with E-state index >= 15 is 0 Å². The second-order valence-corrected chi connectivity index (χ2v) is 19.5. The molecule has 1 unspecified atom stereocenters. The average Bonchev–Trinajstić information content (AvgIpc) is 3.28. The first-order valence-corrected chi connectivity index (χ1v) is 22.7. The lowest BCUT2D eigenvalue weighted by Gasteiger charge is -2.63. The number of ether oxygens (including phenoxy) is 1. The van der Waals surface area contributed by atoms with Crippen LogP contribution in [0, 0.1) is 28.1 Å². The molecular formula is C48H53ClN10O6. The van der Waals surface area contributed by atoms with Crippen molar-refractivity contribution in [2.24, 2.45) is 16.7 Å². The van der Waals surface area contributed by atoms with Crippen molar-refractivity contribution in [1.82, 2.24) is 35.4 Å². The van der Waals surface area contributed by atoms with E-state index in [2.05, 4.69) is 75.6 Å². The smallest absolute Gasteiger partial charge is 0.278 e. The van der Waals surface area contributed by atoms with Gasteiger partial charge in [-0.15, -0.1) is 5.10 Å². The number of nitrogens with zero attached hydrogens (tertiary/aromatic N) is 8. The summed E-state index contributed by atoms with van der Waals surface area (Å²) in [4.78, 5) is 73.2. The normalized spacial score (nSPS) is 23.0. The molecule has 1 saturated carbocycles. The highest BCUT2D eigenvalue weighted by Gasteiger charge is 2.64. The fraction of sp³-hybridized carbons (Fsp3) is 0.458. The summed E-state index contributed by atoms with van der Waals surface area (Å²) in [7, 11) is 0. The van der Waals surface area contributed by atoms with E-state index in [1.807, 2.05) is 35.2 Å². The molecular weight excluding hydrogens is 848 g/mol. The first kappa shape index (κ1) is 43.8. The van der Waals surface area contributed by atoms with E-state index < -0.39 is 17.5 Å². The van der Waals surface area contributed by atoms with Crippen LogP contribution in [0.1, 0.15) is 75.3 Å². The number of amides is 4. The number of likely N-dealkylation sites (tertiary alicyclic amines) is 1. The van der Waals surface area contributed by atoms with Crippen LogP contribution in [0.4, 0.5) is 11.4 Å². The van der Waals surface area contributed by atoms with Crippen molar-refractivity contribution in [2.75, 3.05) is 62.2 Å². The molecule has 0 radical (unpaired) electrons. The molecule has 5 fully saturated rings. The molecule has 3 aromatic carbocycles. The minimum absolute atomic E-state index is 0.123. The number of imide groups is 1. The minimum Gasteiger partial charge on any atom is -0.489 e. The van der Waals surface area contributed by atoms with Crippen LogP contribution in [-0.2, 0) is 14.4 Å². The number of nitriles is 1. The number of halogens is 1. The molecule has 338 valence electrons. The number of piperidine rings is 2. The van der Waals surface area contributed by atoms with Crippen LogP contribution in [0.25, 0.3) is 10.9 Å². The summed E-state index contributed by atoms with van der Waals surface area (Å²) in [5.41, 5.74) is 3.49. The predicted molar refractivity (Wildman–Crippen MR) is 244 cm³/mol. The van der Waals surface area contributed by atoms with Crippen molar-refractivity contribution in [2.45, 2.75) is 71.6 Å². The molecule has 65 heavy (non-hydrogen) atoms. The zero-order valence-electron chi connectivity index (χ0n) is 37.1. The van der Waals surface area contributed by atoms with Crippen LogP contribution in [0.5, 0.6) is 5.75 Å². The number of aromatic nitrogens is 3. The van der Waals surface area contributed by atoms with Gasteiger partial charge in [-0.25, -0.2) is 0 Å². The number of hydrogen-bond acceptors (Lipinski definition) is 12. The highest BCUT2D eigenvalue weighted by atomic mass is 35.5. The Morgan fingerprint density at radius 1 is 0.877 bits per heavy atom. The molecule has 5 aliphatic rings. The lowest BCUT2D eigenvalue weighted by Crippen LogP contribution is -2.74. The number of hydrogen-bond donors (Lipinski definition) is 2. The van der Waals surface area contributed by atoms with Gasteiger partial charge in [0.2, 0.25) is 11.8 Å². The Kier molecular flexibility index (Phi) is 11.5. The zero-order valence-corrected chi connectivity index (χ0v) is 37.8. The topological polar surface area (TPSA) is 186 Å².